The summed E-state index contributed by atoms with van der Waals surface area (Å²) < 4.78 is 49.1. The lowest BCUT2D eigenvalue weighted by Gasteiger charge is -2.36. The quantitative estimate of drug-likeness (QED) is 0.116. The highest BCUT2D eigenvalue weighted by Gasteiger charge is 2.55. The summed E-state index contributed by atoms with van der Waals surface area (Å²) in [6.07, 6.45) is -5.48. The number of hydrogen-bond donors (Lipinski definition) is 2. The number of nitrogens with one attached hydrogen (secondary N) is 1. The fourth-order valence-electron chi connectivity index (χ4n) is 6.91. The molecule has 0 aliphatic carbocycles. The maximum absolute atomic E-state index is 13.9. The van der Waals surface area contributed by atoms with Crippen LogP contribution in [-0.4, -0.2) is 77.7 Å². The Morgan fingerprint density at radius 2 is 1.78 bits per heavy atom. The highest BCUT2D eigenvalue weighted by molar-refractivity contribution is 7.47. The lowest BCUT2D eigenvalue weighted by Crippen LogP contribution is -2.46. The van der Waals surface area contributed by atoms with Gasteiger partial charge in [0.2, 0.25) is 17.5 Å². The number of esters is 3. The molecule has 3 aromatic heterocycles. The van der Waals surface area contributed by atoms with Crippen molar-refractivity contribution in [2.75, 3.05) is 11.9 Å². The Labute approximate surface area is 309 Å². The summed E-state index contributed by atoms with van der Waals surface area (Å²) in [5.74, 6) is -3.69. The Balaban J connectivity index is 1.19. The molecule has 0 bridgehead atoms. The van der Waals surface area contributed by atoms with Gasteiger partial charge in [0.1, 0.15) is 19.0 Å². The Bertz CT molecular complexity index is 2450. The molecule has 1 saturated heterocycles. The number of para-hydroxylation sites is 1. The van der Waals surface area contributed by atoms with Gasteiger partial charge in [-0.3, -0.25) is 38.1 Å². The molecule has 6 heterocycles. The molecule has 6 atom stereocenters. The van der Waals surface area contributed by atoms with Gasteiger partial charge < -0.3 is 28.4 Å². The van der Waals surface area contributed by atoms with Gasteiger partial charge in [0.15, 0.2) is 18.4 Å². The molecule has 0 saturated carbocycles. The van der Waals surface area contributed by atoms with Crippen molar-refractivity contribution in [1.82, 2.24) is 24.1 Å². The van der Waals surface area contributed by atoms with Crippen LogP contribution >= 0.6 is 7.82 Å². The van der Waals surface area contributed by atoms with E-state index in [2.05, 4.69) is 15.3 Å². The van der Waals surface area contributed by atoms with E-state index in [0.717, 1.165) is 35.7 Å². The Kier molecular flexibility index (Phi) is 9.72. The monoisotopic (exact) mass is 780 g/mol. The van der Waals surface area contributed by atoms with Crippen LogP contribution < -0.4 is 16.6 Å². The first-order valence-electron chi connectivity index (χ1n) is 16.8. The second kappa shape index (κ2) is 14.2. The minimum absolute atomic E-state index is 0.00448. The number of ether oxygens (including phenoxy) is 4. The minimum atomic E-state index is -5.34. The third-order valence-electron chi connectivity index (χ3n) is 9.24. The lowest BCUT2D eigenvalue weighted by atomic mass is 9.86. The van der Waals surface area contributed by atoms with Gasteiger partial charge in [0, 0.05) is 37.3 Å². The first kappa shape index (κ1) is 37.6. The maximum atomic E-state index is 13.9. The van der Waals surface area contributed by atoms with Crippen molar-refractivity contribution in [3.05, 3.63) is 80.3 Å². The summed E-state index contributed by atoms with van der Waals surface area (Å²) in [6.45, 7) is 3.63. The molecule has 3 aliphatic rings. The SMILES string of the molecule is CC[C@@]1(OP(=O)(O)OC[C@H]2O[C@@H](n3cnc(NC(C)=O)nc3=O)[C@H](OC(C)=O)[C@@H]2OC(C)=O)C(=O)OCc2c1cc1n(c2=O)Cc2cc3ccccc3nc2-1. The molecule has 1 aromatic carbocycles. The highest BCUT2D eigenvalue weighted by Crippen LogP contribution is 2.54. The Hall–Kier alpha value is -5.66. The van der Waals surface area contributed by atoms with E-state index in [1.807, 2.05) is 30.3 Å². The van der Waals surface area contributed by atoms with Gasteiger partial charge in [-0.2, -0.15) is 4.98 Å². The second-order valence-corrected chi connectivity index (χ2v) is 14.3. The van der Waals surface area contributed by atoms with Crippen molar-refractivity contribution >= 4 is 48.5 Å². The van der Waals surface area contributed by atoms with Gasteiger partial charge in [-0.05, 0) is 24.6 Å². The summed E-state index contributed by atoms with van der Waals surface area (Å²) >= 11 is 0. The number of carbonyl (C=O) groups excluding carboxylic acids is 4. The predicted octanol–water partition coefficient (Wildman–Crippen LogP) is 1.59. The molecule has 1 unspecified atom stereocenters. The van der Waals surface area contributed by atoms with E-state index < -0.39 is 86.2 Å². The average Bonchev–Trinajstić information content (AvgIpc) is 3.64. The number of aromatic nitrogens is 5. The molecule has 4 aromatic rings. The third kappa shape index (κ3) is 6.94. The first-order chi connectivity index (χ1) is 26.1. The van der Waals surface area contributed by atoms with Gasteiger partial charge in [0.05, 0.1) is 35.6 Å². The third-order valence-corrected chi connectivity index (χ3v) is 10.3. The molecule has 7 rings (SSSR count). The van der Waals surface area contributed by atoms with Crippen LogP contribution in [-0.2, 0) is 70.5 Å². The molecule has 1 amide bonds. The Morgan fingerprint density at radius 3 is 2.47 bits per heavy atom. The van der Waals surface area contributed by atoms with Gasteiger partial charge in [-0.1, -0.05) is 25.1 Å². The van der Waals surface area contributed by atoms with E-state index in [9.17, 15) is 38.2 Å². The molecule has 0 radical (unpaired) electrons. The summed E-state index contributed by atoms with van der Waals surface area (Å²) in [6, 6.07) is 10.8. The standard InChI is InChI=1S/C34H33N6O14P/c1-5-34(22-11-24-26-20(10-19-8-6-7-9-23(19)37-26)12-39(24)29(44)21(22)13-49-31(34)45)54-55(47,48)50-14-25-27(51-17(3)42)28(52-18(4)43)30(53-25)40-15-35-32(36-16(2)41)38-33(40)46/h6-11,15,25,27-28,30H,5,12-14H2,1-4H3,(H,47,48)(H,36,38,41,46)/t25-,27-,28-,30-,34+/m1/s1. The van der Waals surface area contributed by atoms with E-state index in [1.165, 1.54) is 24.5 Å². The number of phosphoric acid groups is 1. The van der Waals surface area contributed by atoms with Crippen molar-refractivity contribution < 1.29 is 56.6 Å². The van der Waals surface area contributed by atoms with Gasteiger partial charge >= 0.3 is 31.4 Å². The zero-order valence-corrected chi connectivity index (χ0v) is 30.5. The Morgan fingerprint density at radius 1 is 1.05 bits per heavy atom. The molecule has 1 fully saturated rings. The maximum Gasteiger partial charge on any atom is 0.473 e. The number of phosphoric ester groups is 1. The molecule has 21 heteroatoms. The van der Waals surface area contributed by atoms with Crippen LogP contribution in [0.5, 0.6) is 0 Å². The van der Waals surface area contributed by atoms with Crippen molar-refractivity contribution in [3.8, 4) is 11.4 Å². The molecular weight excluding hydrogens is 747 g/mol. The predicted molar refractivity (Wildman–Crippen MR) is 185 cm³/mol. The second-order valence-electron chi connectivity index (χ2n) is 12.9. The normalized spacial score (nSPS) is 23.5. The van der Waals surface area contributed by atoms with Gasteiger partial charge in [-0.15, -0.1) is 0 Å². The number of carbonyl (C=O) groups is 4. The van der Waals surface area contributed by atoms with E-state index >= 15 is 0 Å². The summed E-state index contributed by atoms with van der Waals surface area (Å²) in [7, 11) is -5.34. The number of benzene rings is 1. The van der Waals surface area contributed by atoms with E-state index in [1.54, 1.807) is 0 Å². The van der Waals surface area contributed by atoms with E-state index in [-0.39, 0.29) is 30.0 Å². The number of pyridine rings is 2. The van der Waals surface area contributed by atoms with Crippen LogP contribution in [0.4, 0.5) is 5.95 Å². The van der Waals surface area contributed by atoms with Crippen LogP contribution in [0.15, 0.2) is 52.3 Å². The zero-order valence-electron chi connectivity index (χ0n) is 29.6. The van der Waals surface area contributed by atoms with Gasteiger partial charge in [-0.25, -0.2) is 24.1 Å². The topological polar surface area (TPSA) is 256 Å². The molecule has 20 nitrogen and oxygen atoms in total. The number of fused-ring (bicyclic) bond motifs is 5. The van der Waals surface area contributed by atoms with Crippen molar-refractivity contribution in [3.63, 3.8) is 0 Å². The average molecular weight is 781 g/mol. The summed E-state index contributed by atoms with van der Waals surface area (Å²) in [5, 5.41) is 3.11. The molecular formula is C34H33N6O14P. The van der Waals surface area contributed by atoms with Crippen LogP contribution in [0, 0.1) is 0 Å². The van der Waals surface area contributed by atoms with Crippen molar-refractivity contribution in [1.29, 1.82) is 0 Å². The van der Waals surface area contributed by atoms with Crippen molar-refractivity contribution in [2.24, 2.45) is 0 Å². The smallest absolute Gasteiger partial charge is 0.458 e. The lowest BCUT2D eigenvalue weighted by molar-refractivity contribution is -0.171. The molecule has 55 heavy (non-hydrogen) atoms. The first-order valence-corrected chi connectivity index (χ1v) is 18.3. The van der Waals surface area contributed by atoms with Crippen LogP contribution in [0.3, 0.4) is 0 Å². The molecule has 3 aliphatic heterocycles. The summed E-state index contributed by atoms with van der Waals surface area (Å²) in [5.41, 5.74) is -1.52. The van der Waals surface area contributed by atoms with Gasteiger partial charge in [0.25, 0.3) is 5.56 Å². The number of rotatable bonds is 10. The molecule has 288 valence electrons. The number of nitrogens with zero attached hydrogens (tertiary/aromatic N) is 5. The number of amides is 1. The molecule has 2 N–H and O–H groups in total. The minimum Gasteiger partial charge on any atom is -0.458 e. The highest BCUT2D eigenvalue weighted by atomic mass is 31.2. The van der Waals surface area contributed by atoms with E-state index in [0.29, 0.717) is 16.9 Å². The van der Waals surface area contributed by atoms with Crippen molar-refractivity contribution in [2.45, 2.75) is 77.4 Å². The zero-order chi connectivity index (χ0) is 39.4. The number of cyclic esters (lactones) is 1. The number of hydrogen-bond acceptors (Lipinski definition) is 16. The fourth-order valence-corrected chi connectivity index (χ4v) is 7.99. The largest absolute Gasteiger partial charge is 0.473 e. The van der Waals surface area contributed by atoms with Crippen LogP contribution in [0.2, 0.25) is 0 Å². The van der Waals surface area contributed by atoms with Crippen LogP contribution in [0.1, 0.15) is 57.0 Å². The van der Waals surface area contributed by atoms with E-state index in [4.69, 9.17) is 33.0 Å². The number of anilines is 1. The van der Waals surface area contributed by atoms with Crippen LogP contribution in [0.25, 0.3) is 22.3 Å². The molecule has 0 spiro atoms. The fraction of sp³-hybridized carbons (Fsp3) is 0.382. The summed E-state index contributed by atoms with van der Waals surface area (Å²) in [4.78, 5) is 99.6.